The lowest BCUT2D eigenvalue weighted by Gasteiger charge is -1.98. The van der Waals surface area contributed by atoms with Gasteiger partial charge in [-0.25, -0.2) is 8.78 Å². The molecule has 0 amide bonds. The molecule has 2 nitrogen and oxygen atoms in total. The third-order valence-corrected chi connectivity index (χ3v) is 3.04. The van der Waals surface area contributed by atoms with Crippen LogP contribution in [0.5, 0.6) is 0 Å². The molecular weight excluding hydrogens is 350 g/mol. The van der Waals surface area contributed by atoms with E-state index in [4.69, 9.17) is 10.5 Å². The van der Waals surface area contributed by atoms with E-state index in [0.717, 1.165) is 22.9 Å². The first-order chi connectivity index (χ1) is 10.5. The van der Waals surface area contributed by atoms with E-state index in [1.54, 1.807) is 19.1 Å². The highest BCUT2D eigenvalue weighted by Crippen LogP contribution is 2.09. The van der Waals surface area contributed by atoms with Crippen molar-refractivity contribution in [3.63, 3.8) is 0 Å². The minimum absolute atomic E-state index is 0.343. The molecule has 0 aromatic heterocycles. The molecule has 0 saturated heterocycles. The molecule has 0 fully saturated rings. The van der Waals surface area contributed by atoms with E-state index in [1.165, 1.54) is 24.3 Å². The van der Waals surface area contributed by atoms with Crippen LogP contribution < -0.4 is 0 Å². The van der Waals surface area contributed by atoms with Gasteiger partial charge in [0.25, 0.3) is 0 Å². The smallest absolute Gasteiger partial charge is 0.124 e. The maximum absolute atomic E-state index is 12.8. The Morgan fingerprint density at radius 3 is 1.95 bits per heavy atom. The third-order valence-electron chi connectivity index (χ3n) is 2.64. The van der Waals surface area contributed by atoms with Crippen LogP contribution in [0.15, 0.2) is 36.4 Å². The Morgan fingerprint density at radius 1 is 0.909 bits per heavy atom. The first-order valence-corrected chi connectivity index (χ1v) is 7.53. The predicted octanol–water partition coefficient (Wildman–Crippen LogP) is 4.64. The fraction of sp³-hybridized carbons (Fsp3) is 0.176. The number of rotatable bonds is 2. The molecule has 0 N–H and O–H groups in total. The largest absolute Gasteiger partial charge is 0.207 e. The van der Waals surface area contributed by atoms with Crippen LogP contribution in [-0.2, 0) is 6.42 Å². The van der Waals surface area contributed by atoms with E-state index >= 15 is 0 Å². The van der Waals surface area contributed by atoms with Crippen LogP contribution in [0.2, 0.25) is 0 Å². The number of alkyl halides is 1. The Bertz CT molecular complexity index is 710. The van der Waals surface area contributed by atoms with Gasteiger partial charge < -0.3 is 0 Å². The van der Waals surface area contributed by atoms with E-state index in [-0.39, 0.29) is 11.6 Å². The first-order valence-electron chi connectivity index (χ1n) is 6.41. The van der Waals surface area contributed by atoms with Crippen molar-refractivity contribution in [3.05, 3.63) is 70.3 Å². The fourth-order valence-corrected chi connectivity index (χ4v) is 2.23. The molecule has 0 aliphatic rings. The summed E-state index contributed by atoms with van der Waals surface area (Å²) >= 11 is 3.25. The average molecular weight is 363 g/mol. The van der Waals surface area contributed by atoms with Gasteiger partial charge in [-0.05, 0) is 60.9 Å². The van der Waals surface area contributed by atoms with Crippen molar-refractivity contribution in [1.82, 2.24) is 0 Å². The Labute approximate surface area is 136 Å². The monoisotopic (exact) mass is 362 g/mol. The lowest BCUT2D eigenvalue weighted by Crippen LogP contribution is -1.89. The molecular formula is C17H13BrF2N2. The summed E-state index contributed by atoms with van der Waals surface area (Å²) in [6.07, 6.45) is 0.742. The van der Waals surface area contributed by atoms with Gasteiger partial charge >= 0.3 is 0 Å². The highest BCUT2D eigenvalue weighted by atomic mass is 79.9. The number of hydrogen-bond donors (Lipinski definition) is 0. The maximum atomic E-state index is 12.8. The molecule has 0 aliphatic carbocycles. The quantitative estimate of drug-likeness (QED) is 0.730. The summed E-state index contributed by atoms with van der Waals surface area (Å²) in [6.45, 7) is 1.75. The van der Waals surface area contributed by atoms with E-state index in [9.17, 15) is 8.78 Å². The van der Waals surface area contributed by atoms with Crippen molar-refractivity contribution >= 4 is 15.9 Å². The van der Waals surface area contributed by atoms with Gasteiger partial charge in [0.1, 0.15) is 11.6 Å². The van der Waals surface area contributed by atoms with Crippen molar-refractivity contribution in [2.75, 3.05) is 5.33 Å². The molecule has 2 aromatic carbocycles. The van der Waals surface area contributed by atoms with Crippen molar-refractivity contribution in [1.29, 1.82) is 10.5 Å². The fourth-order valence-electron chi connectivity index (χ4n) is 1.77. The normalized spacial score (nSPS) is 9.18. The Kier molecular flexibility index (Phi) is 7.22. The lowest BCUT2D eigenvalue weighted by atomic mass is 10.1. The summed E-state index contributed by atoms with van der Waals surface area (Å²) in [5.41, 5.74) is 2.38. The van der Waals surface area contributed by atoms with E-state index in [1.807, 2.05) is 12.1 Å². The summed E-state index contributed by atoms with van der Waals surface area (Å²) < 4.78 is 25.2. The molecule has 0 saturated carbocycles. The molecule has 5 heteroatoms. The molecule has 0 unspecified atom stereocenters. The van der Waals surface area contributed by atoms with Crippen LogP contribution >= 0.6 is 15.9 Å². The maximum Gasteiger partial charge on any atom is 0.124 e. The topological polar surface area (TPSA) is 47.6 Å². The second kappa shape index (κ2) is 8.92. The summed E-state index contributed by atoms with van der Waals surface area (Å²) in [6, 6.07) is 12.4. The van der Waals surface area contributed by atoms with Gasteiger partial charge in [0.2, 0.25) is 0 Å². The van der Waals surface area contributed by atoms with Crippen molar-refractivity contribution in [3.8, 4) is 12.1 Å². The van der Waals surface area contributed by atoms with Crippen LogP contribution in [0, 0.1) is 41.2 Å². The Hall–Kier alpha value is -2.24. The molecule has 2 aromatic rings. The van der Waals surface area contributed by atoms with Crippen LogP contribution in [0.1, 0.15) is 22.3 Å². The van der Waals surface area contributed by atoms with Gasteiger partial charge in [-0.2, -0.15) is 10.5 Å². The lowest BCUT2D eigenvalue weighted by molar-refractivity contribution is 0.625. The Balaban J connectivity index is 0.000000224. The van der Waals surface area contributed by atoms with E-state index < -0.39 is 0 Å². The minimum atomic E-state index is -0.350. The molecule has 0 bridgehead atoms. The number of nitrogens with zero attached hydrogens (tertiary/aromatic N) is 2. The number of nitriles is 2. The summed E-state index contributed by atoms with van der Waals surface area (Å²) in [7, 11) is 0. The predicted molar refractivity (Wildman–Crippen MR) is 84.5 cm³/mol. The molecule has 0 aliphatic heterocycles. The molecule has 2 rings (SSSR count). The van der Waals surface area contributed by atoms with Crippen molar-refractivity contribution in [2.24, 2.45) is 0 Å². The minimum Gasteiger partial charge on any atom is -0.207 e. The molecule has 0 atom stereocenters. The van der Waals surface area contributed by atoms with Gasteiger partial charge in [0.05, 0.1) is 23.3 Å². The zero-order chi connectivity index (χ0) is 16.5. The number of hydrogen-bond acceptors (Lipinski definition) is 2. The summed E-state index contributed by atoms with van der Waals surface area (Å²) in [4.78, 5) is 0. The van der Waals surface area contributed by atoms with Crippen molar-refractivity contribution in [2.45, 2.75) is 13.3 Å². The molecule has 0 spiro atoms. The Morgan fingerprint density at radius 2 is 1.45 bits per heavy atom. The average Bonchev–Trinajstić information content (AvgIpc) is 2.46. The number of halogens is 3. The zero-order valence-electron chi connectivity index (χ0n) is 11.9. The third kappa shape index (κ3) is 6.03. The zero-order valence-corrected chi connectivity index (χ0v) is 13.5. The second-order valence-corrected chi connectivity index (χ2v) is 5.32. The first kappa shape index (κ1) is 17.8. The van der Waals surface area contributed by atoms with Gasteiger partial charge in [-0.3, -0.25) is 0 Å². The highest BCUT2D eigenvalue weighted by Gasteiger charge is 1.99. The van der Waals surface area contributed by atoms with Gasteiger partial charge in [0, 0.05) is 5.33 Å². The van der Waals surface area contributed by atoms with Gasteiger partial charge in [0.15, 0.2) is 0 Å². The van der Waals surface area contributed by atoms with Crippen LogP contribution in [-0.4, -0.2) is 5.33 Å². The SMILES string of the molecule is Cc1cc(F)cc(C#N)c1.N#Cc1cc(F)cc(CCBr)c1. The van der Waals surface area contributed by atoms with Crippen LogP contribution in [0.25, 0.3) is 0 Å². The molecule has 0 radical (unpaired) electrons. The molecule has 22 heavy (non-hydrogen) atoms. The van der Waals surface area contributed by atoms with Crippen molar-refractivity contribution < 1.29 is 8.78 Å². The van der Waals surface area contributed by atoms with Crippen LogP contribution in [0.4, 0.5) is 8.78 Å². The van der Waals surface area contributed by atoms with Gasteiger partial charge in [-0.1, -0.05) is 15.9 Å². The number of aryl methyl sites for hydroxylation is 2. The summed E-state index contributed by atoms with van der Waals surface area (Å²) in [5, 5.41) is 17.7. The van der Waals surface area contributed by atoms with Crippen LogP contribution in [0.3, 0.4) is 0 Å². The standard InChI is InChI=1S/C9H7BrFN.C8H6FN/c10-2-1-7-3-8(6-12)5-9(11)4-7;1-6-2-7(5-10)4-8(9)3-6/h3-5H,1-2H2;2-4H,1H3. The number of benzene rings is 2. The van der Waals surface area contributed by atoms with E-state index in [0.29, 0.717) is 11.1 Å². The summed E-state index contributed by atoms with van der Waals surface area (Å²) in [5.74, 6) is -0.693. The van der Waals surface area contributed by atoms with E-state index in [2.05, 4.69) is 15.9 Å². The second-order valence-electron chi connectivity index (χ2n) is 4.53. The van der Waals surface area contributed by atoms with Gasteiger partial charge in [-0.15, -0.1) is 0 Å². The molecule has 0 heterocycles. The molecule has 112 valence electrons. The highest BCUT2D eigenvalue weighted by molar-refractivity contribution is 9.09.